The number of nitrogens with one attached hydrogen (secondary N) is 1. The molecule has 5 nitrogen and oxygen atoms in total. The quantitative estimate of drug-likeness (QED) is 0.883. The topological polar surface area (TPSA) is 59.4 Å². The third-order valence-electron chi connectivity index (χ3n) is 3.18. The first-order valence-corrected chi connectivity index (χ1v) is 6.63. The second-order valence-corrected chi connectivity index (χ2v) is 4.59. The Labute approximate surface area is 108 Å². The molecule has 2 aromatic heterocycles. The summed E-state index contributed by atoms with van der Waals surface area (Å²) in [4.78, 5) is 4.51. The Kier molecular flexibility index (Phi) is 3.79. The number of rotatable bonds is 5. The highest BCUT2D eigenvalue weighted by molar-refractivity contribution is 5.56. The first kappa shape index (κ1) is 12.8. The van der Waals surface area contributed by atoms with Gasteiger partial charge in [0.2, 0.25) is 0 Å². The van der Waals surface area contributed by atoms with Gasteiger partial charge in [0.25, 0.3) is 0 Å². The highest BCUT2D eigenvalue weighted by atomic mass is 15.4. The molecular weight excluding hydrogens is 226 g/mol. The van der Waals surface area contributed by atoms with Gasteiger partial charge in [-0.15, -0.1) is 0 Å². The molecule has 0 aromatic carbocycles. The van der Waals surface area contributed by atoms with E-state index in [0.717, 1.165) is 43.1 Å². The molecule has 0 aliphatic heterocycles. The molecule has 0 atom stereocenters. The average Bonchev–Trinajstić information content (AvgIpc) is 2.89. The van der Waals surface area contributed by atoms with Crippen molar-refractivity contribution in [3.05, 3.63) is 17.1 Å². The minimum absolute atomic E-state index is 0.807. The van der Waals surface area contributed by atoms with E-state index < -0.39 is 0 Å². The van der Waals surface area contributed by atoms with Gasteiger partial charge in [-0.2, -0.15) is 10.2 Å². The van der Waals surface area contributed by atoms with Gasteiger partial charge in [-0.05, 0) is 26.7 Å². The highest BCUT2D eigenvalue weighted by Crippen LogP contribution is 2.22. The summed E-state index contributed by atoms with van der Waals surface area (Å²) < 4.78 is 1.97. The van der Waals surface area contributed by atoms with E-state index in [9.17, 15) is 0 Å². The van der Waals surface area contributed by atoms with Crippen LogP contribution in [0.4, 0.5) is 0 Å². The van der Waals surface area contributed by atoms with Crippen molar-refractivity contribution in [1.82, 2.24) is 25.0 Å². The summed E-state index contributed by atoms with van der Waals surface area (Å²) in [6.45, 7) is 9.22. The van der Waals surface area contributed by atoms with Gasteiger partial charge in [0.05, 0.1) is 0 Å². The van der Waals surface area contributed by atoms with Gasteiger partial charge in [-0.25, -0.2) is 9.67 Å². The van der Waals surface area contributed by atoms with Crippen LogP contribution in [0.25, 0.3) is 11.5 Å². The molecule has 0 saturated carbocycles. The minimum atomic E-state index is 0.807. The molecule has 5 heteroatoms. The first-order valence-electron chi connectivity index (χ1n) is 6.63. The minimum Gasteiger partial charge on any atom is -0.282 e. The van der Waals surface area contributed by atoms with Crippen molar-refractivity contribution in [2.75, 3.05) is 0 Å². The smallest absolute Gasteiger partial charge is 0.179 e. The molecule has 0 unspecified atom stereocenters. The SMILES string of the molecule is CCCCn1nc(C)nc1-c1n[nH]c(CC)c1C. The van der Waals surface area contributed by atoms with E-state index in [0.29, 0.717) is 0 Å². The maximum atomic E-state index is 4.51. The predicted octanol–water partition coefficient (Wildman–Crippen LogP) is 2.65. The van der Waals surface area contributed by atoms with Crippen molar-refractivity contribution in [2.45, 2.75) is 53.5 Å². The second-order valence-electron chi connectivity index (χ2n) is 4.59. The van der Waals surface area contributed by atoms with Crippen molar-refractivity contribution in [3.63, 3.8) is 0 Å². The molecule has 0 bridgehead atoms. The van der Waals surface area contributed by atoms with E-state index >= 15 is 0 Å². The lowest BCUT2D eigenvalue weighted by Gasteiger charge is -2.03. The molecule has 0 aliphatic rings. The van der Waals surface area contributed by atoms with E-state index in [4.69, 9.17) is 0 Å². The van der Waals surface area contributed by atoms with Crippen LogP contribution in [0.5, 0.6) is 0 Å². The van der Waals surface area contributed by atoms with Crippen molar-refractivity contribution >= 4 is 0 Å². The van der Waals surface area contributed by atoms with Gasteiger partial charge < -0.3 is 0 Å². The van der Waals surface area contributed by atoms with Gasteiger partial charge in [0.15, 0.2) is 5.82 Å². The van der Waals surface area contributed by atoms with Crippen LogP contribution < -0.4 is 0 Å². The third kappa shape index (κ3) is 2.30. The molecule has 0 amide bonds. The van der Waals surface area contributed by atoms with Crippen LogP contribution in [0.3, 0.4) is 0 Å². The number of aromatic amines is 1. The van der Waals surface area contributed by atoms with Gasteiger partial charge >= 0.3 is 0 Å². The number of H-pyrrole nitrogens is 1. The molecule has 2 aromatic rings. The van der Waals surface area contributed by atoms with E-state index in [1.54, 1.807) is 0 Å². The van der Waals surface area contributed by atoms with Crippen molar-refractivity contribution < 1.29 is 0 Å². The van der Waals surface area contributed by atoms with E-state index in [2.05, 4.69) is 41.1 Å². The monoisotopic (exact) mass is 247 g/mol. The number of hydrogen-bond donors (Lipinski definition) is 1. The Morgan fingerprint density at radius 2 is 2.00 bits per heavy atom. The summed E-state index contributed by atoms with van der Waals surface area (Å²) in [7, 11) is 0. The molecule has 18 heavy (non-hydrogen) atoms. The van der Waals surface area contributed by atoms with Gasteiger partial charge in [-0.1, -0.05) is 20.3 Å². The summed E-state index contributed by atoms with van der Waals surface area (Å²) in [6, 6.07) is 0. The highest BCUT2D eigenvalue weighted by Gasteiger charge is 2.16. The lowest BCUT2D eigenvalue weighted by atomic mass is 10.1. The second kappa shape index (κ2) is 5.33. The molecule has 0 radical (unpaired) electrons. The lowest BCUT2D eigenvalue weighted by molar-refractivity contribution is 0.572. The maximum Gasteiger partial charge on any atom is 0.179 e. The standard InChI is InChI=1S/C13H21N5/c1-5-7-8-18-13(14-10(4)17-18)12-9(3)11(6-2)15-16-12/h5-8H2,1-4H3,(H,15,16). The number of aromatic nitrogens is 5. The van der Waals surface area contributed by atoms with E-state index in [1.807, 2.05) is 11.6 Å². The largest absolute Gasteiger partial charge is 0.282 e. The zero-order chi connectivity index (χ0) is 13.1. The Morgan fingerprint density at radius 3 is 2.61 bits per heavy atom. The first-order chi connectivity index (χ1) is 8.67. The van der Waals surface area contributed by atoms with Gasteiger partial charge in [0.1, 0.15) is 11.5 Å². The van der Waals surface area contributed by atoms with Crippen molar-refractivity contribution in [3.8, 4) is 11.5 Å². The van der Waals surface area contributed by atoms with Crippen LogP contribution in [-0.2, 0) is 13.0 Å². The van der Waals surface area contributed by atoms with Crippen LogP contribution in [0, 0.1) is 13.8 Å². The maximum absolute atomic E-state index is 4.51. The fourth-order valence-electron chi connectivity index (χ4n) is 2.09. The summed E-state index contributed by atoms with van der Waals surface area (Å²) in [5.41, 5.74) is 3.29. The van der Waals surface area contributed by atoms with Crippen LogP contribution in [0.2, 0.25) is 0 Å². The van der Waals surface area contributed by atoms with E-state index in [1.165, 1.54) is 11.3 Å². The molecular formula is C13H21N5. The molecule has 0 aliphatic carbocycles. The normalized spacial score (nSPS) is 11.1. The summed E-state index contributed by atoms with van der Waals surface area (Å²) >= 11 is 0. The number of hydrogen-bond acceptors (Lipinski definition) is 3. The van der Waals surface area contributed by atoms with Crippen LogP contribution in [0.15, 0.2) is 0 Å². The number of nitrogens with zero attached hydrogens (tertiary/aromatic N) is 4. The Balaban J connectivity index is 2.39. The molecule has 98 valence electrons. The van der Waals surface area contributed by atoms with Crippen molar-refractivity contribution in [2.24, 2.45) is 0 Å². The number of aryl methyl sites for hydroxylation is 3. The number of unbranched alkanes of at least 4 members (excludes halogenated alkanes) is 1. The Hall–Kier alpha value is -1.65. The molecule has 0 fully saturated rings. The third-order valence-corrected chi connectivity index (χ3v) is 3.18. The fourth-order valence-corrected chi connectivity index (χ4v) is 2.09. The molecule has 1 N–H and O–H groups in total. The van der Waals surface area contributed by atoms with E-state index in [-0.39, 0.29) is 0 Å². The summed E-state index contributed by atoms with van der Waals surface area (Å²) in [6.07, 6.45) is 3.22. The van der Waals surface area contributed by atoms with Gasteiger partial charge in [-0.3, -0.25) is 5.10 Å². The van der Waals surface area contributed by atoms with Gasteiger partial charge in [0, 0.05) is 17.8 Å². The summed E-state index contributed by atoms with van der Waals surface area (Å²) in [5, 5.41) is 11.9. The van der Waals surface area contributed by atoms with Crippen LogP contribution in [-0.4, -0.2) is 25.0 Å². The van der Waals surface area contributed by atoms with Crippen LogP contribution >= 0.6 is 0 Å². The molecule has 0 saturated heterocycles. The van der Waals surface area contributed by atoms with Crippen molar-refractivity contribution in [1.29, 1.82) is 0 Å². The molecule has 2 rings (SSSR count). The zero-order valence-electron chi connectivity index (χ0n) is 11.6. The predicted molar refractivity (Wildman–Crippen MR) is 71.4 cm³/mol. The zero-order valence-corrected chi connectivity index (χ0v) is 11.6. The summed E-state index contributed by atoms with van der Waals surface area (Å²) in [5.74, 6) is 1.69. The Morgan fingerprint density at radius 1 is 1.22 bits per heavy atom. The Bertz CT molecular complexity index is 523. The molecule has 2 heterocycles. The van der Waals surface area contributed by atoms with Crippen LogP contribution in [0.1, 0.15) is 43.8 Å². The fraction of sp³-hybridized carbons (Fsp3) is 0.615. The lowest BCUT2D eigenvalue weighted by Crippen LogP contribution is -2.03. The molecule has 0 spiro atoms. The average molecular weight is 247 g/mol.